The van der Waals surface area contributed by atoms with Crippen LogP contribution in [0.25, 0.3) is 0 Å². The van der Waals surface area contributed by atoms with Crippen molar-refractivity contribution >= 4 is 11.6 Å². The van der Waals surface area contributed by atoms with Gasteiger partial charge in [0.15, 0.2) is 0 Å². The van der Waals surface area contributed by atoms with Crippen LogP contribution in [0.1, 0.15) is 12.8 Å². The SMILES string of the molecule is CNc1cc(NC2(C(F)(F)F)CC2)ncn1. The third-order valence-electron chi connectivity index (χ3n) is 2.58. The molecule has 0 bridgehead atoms. The second-order valence-electron chi connectivity index (χ2n) is 3.74. The monoisotopic (exact) mass is 232 g/mol. The molecule has 0 saturated heterocycles. The highest BCUT2D eigenvalue weighted by Gasteiger charge is 2.63. The van der Waals surface area contributed by atoms with Crippen LogP contribution in [0.5, 0.6) is 0 Å². The molecule has 0 radical (unpaired) electrons. The molecule has 1 fully saturated rings. The van der Waals surface area contributed by atoms with Gasteiger partial charge in [0.2, 0.25) is 0 Å². The molecule has 4 nitrogen and oxygen atoms in total. The predicted octanol–water partition coefficient (Wildman–Crippen LogP) is 2.03. The summed E-state index contributed by atoms with van der Waals surface area (Å²) in [6, 6.07) is 1.45. The van der Waals surface area contributed by atoms with Gasteiger partial charge in [-0.3, -0.25) is 0 Å². The summed E-state index contributed by atoms with van der Waals surface area (Å²) < 4.78 is 37.9. The first-order valence-corrected chi connectivity index (χ1v) is 4.82. The Balaban J connectivity index is 2.15. The van der Waals surface area contributed by atoms with Gasteiger partial charge in [-0.25, -0.2) is 9.97 Å². The van der Waals surface area contributed by atoms with Crippen LogP contribution in [-0.2, 0) is 0 Å². The maximum absolute atomic E-state index is 12.6. The Labute approximate surface area is 90.3 Å². The number of aromatic nitrogens is 2. The number of anilines is 2. The molecule has 1 aromatic heterocycles. The number of alkyl halides is 3. The van der Waals surface area contributed by atoms with Crippen LogP contribution in [0.4, 0.5) is 24.8 Å². The molecule has 7 heteroatoms. The van der Waals surface area contributed by atoms with Crippen LogP contribution < -0.4 is 10.6 Å². The summed E-state index contributed by atoms with van der Waals surface area (Å²) in [5, 5.41) is 5.17. The van der Waals surface area contributed by atoms with Gasteiger partial charge < -0.3 is 10.6 Å². The van der Waals surface area contributed by atoms with Crippen LogP contribution in [0.2, 0.25) is 0 Å². The van der Waals surface area contributed by atoms with Crippen LogP contribution in [0.15, 0.2) is 12.4 Å². The zero-order chi connectivity index (χ0) is 11.8. The topological polar surface area (TPSA) is 49.8 Å². The molecule has 0 aromatic carbocycles. The highest BCUT2D eigenvalue weighted by molar-refractivity contribution is 5.49. The molecular weight excluding hydrogens is 221 g/mol. The summed E-state index contributed by atoms with van der Waals surface area (Å²) in [5.41, 5.74) is -1.79. The minimum atomic E-state index is -4.24. The molecular formula is C9H11F3N4. The van der Waals surface area contributed by atoms with E-state index < -0.39 is 11.7 Å². The molecule has 1 saturated carbocycles. The predicted molar refractivity (Wildman–Crippen MR) is 53.2 cm³/mol. The van der Waals surface area contributed by atoms with E-state index in [4.69, 9.17) is 0 Å². The molecule has 1 aliphatic carbocycles. The second-order valence-corrected chi connectivity index (χ2v) is 3.74. The number of rotatable bonds is 3. The Morgan fingerprint density at radius 3 is 2.38 bits per heavy atom. The fourth-order valence-electron chi connectivity index (χ4n) is 1.41. The van der Waals surface area contributed by atoms with E-state index in [0.717, 1.165) is 0 Å². The Hall–Kier alpha value is -1.53. The zero-order valence-electron chi connectivity index (χ0n) is 8.60. The first-order chi connectivity index (χ1) is 7.47. The van der Waals surface area contributed by atoms with Crippen molar-refractivity contribution < 1.29 is 13.2 Å². The van der Waals surface area contributed by atoms with E-state index in [1.54, 1.807) is 7.05 Å². The lowest BCUT2D eigenvalue weighted by Crippen LogP contribution is -2.38. The van der Waals surface area contributed by atoms with Crippen molar-refractivity contribution in [2.75, 3.05) is 17.7 Å². The highest BCUT2D eigenvalue weighted by Crippen LogP contribution is 2.50. The lowest BCUT2D eigenvalue weighted by atomic mass is 10.2. The van der Waals surface area contributed by atoms with Crippen LogP contribution >= 0.6 is 0 Å². The quantitative estimate of drug-likeness (QED) is 0.837. The molecule has 0 aliphatic heterocycles. The van der Waals surface area contributed by atoms with Crippen molar-refractivity contribution in [3.05, 3.63) is 12.4 Å². The van der Waals surface area contributed by atoms with E-state index in [-0.39, 0.29) is 18.7 Å². The maximum Gasteiger partial charge on any atom is 0.411 e. The van der Waals surface area contributed by atoms with Gasteiger partial charge in [-0.15, -0.1) is 0 Å². The summed E-state index contributed by atoms with van der Waals surface area (Å²) in [5.74, 6) is 0.671. The van der Waals surface area contributed by atoms with Crippen molar-refractivity contribution in [2.45, 2.75) is 24.6 Å². The fraction of sp³-hybridized carbons (Fsp3) is 0.556. The van der Waals surface area contributed by atoms with Gasteiger partial charge in [0.05, 0.1) is 0 Å². The fourth-order valence-corrected chi connectivity index (χ4v) is 1.41. The average molecular weight is 232 g/mol. The molecule has 88 valence electrons. The Kier molecular flexibility index (Phi) is 2.40. The minimum Gasteiger partial charge on any atom is -0.373 e. The lowest BCUT2D eigenvalue weighted by Gasteiger charge is -2.21. The lowest BCUT2D eigenvalue weighted by molar-refractivity contribution is -0.151. The van der Waals surface area contributed by atoms with Gasteiger partial charge >= 0.3 is 6.18 Å². The number of halogens is 3. The summed E-state index contributed by atoms with van der Waals surface area (Å²) >= 11 is 0. The van der Waals surface area contributed by atoms with Crippen molar-refractivity contribution in [1.29, 1.82) is 0 Å². The van der Waals surface area contributed by atoms with Crippen molar-refractivity contribution in [1.82, 2.24) is 9.97 Å². The van der Waals surface area contributed by atoms with Gasteiger partial charge in [-0.1, -0.05) is 0 Å². The van der Waals surface area contributed by atoms with Crippen molar-refractivity contribution in [2.24, 2.45) is 0 Å². The zero-order valence-corrected chi connectivity index (χ0v) is 8.60. The maximum atomic E-state index is 12.6. The van der Waals surface area contributed by atoms with Gasteiger partial charge in [-0.2, -0.15) is 13.2 Å². The number of hydrogen-bond acceptors (Lipinski definition) is 4. The second kappa shape index (κ2) is 3.50. The largest absolute Gasteiger partial charge is 0.411 e. The first kappa shape index (κ1) is 11.0. The van der Waals surface area contributed by atoms with Gasteiger partial charge in [-0.05, 0) is 12.8 Å². The van der Waals surface area contributed by atoms with E-state index in [2.05, 4.69) is 20.6 Å². The molecule has 0 atom stereocenters. The van der Waals surface area contributed by atoms with Crippen molar-refractivity contribution in [3.8, 4) is 0 Å². The molecule has 1 aliphatic rings. The van der Waals surface area contributed by atoms with E-state index >= 15 is 0 Å². The summed E-state index contributed by atoms with van der Waals surface area (Å²) in [6.07, 6.45) is -2.83. The Morgan fingerprint density at radius 1 is 1.25 bits per heavy atom. The van der Waals surface area contributed by atoms with E-state index in [1.807, 2.05) is 0 Å². The Bertz CT molecular complexity index is 387. The van der Waals surface area contributed by atoms with Gasteiger partial charge in [0.1, 0.15) is 23.5 Å². The Morgan fingerprint density at radius 2 is 1.88 bits per heavy atom. The summed E-state index contributed by atoms with van der Waals surface area (Å²) in [7, 11) is 1.64. The average Bonchev–Trinajstić information content (AvgIpc) is 2.98. The van der Waals surface area contributed by atoms with Gasteiger partial charge in [0, 0.05) is 13.1 Å². The molecule has 2 N–H and O–H groups in total. The molecule has 0 amide bonds. The van der Waals surface area contributed by atoms with Crippen LogP contribution in [-0.4, -0.2) is 28.7 Å². The van der Waals surface area contributed by atoms with E-state index in [1.165, 1.54) is 12.4 Å². The molecule has 0 unspecified atom stereocenters. The molecule has 1 heterocycles. The van der Waals surface area contributed by atoms with Crippen LogP contribution in [0, 0.1) is 0 Å². The number of nitrogens with zero attached hydrogens (tertiary/aromatic N) is 2. The number of nitrogens with one attached hydrogen (secondary N) is 2. The first-order valence-electron chi connectivity index (χ1n) is 4.82. The summed E-state index contributed by atoms with van der Waals surface area (Å²) in [4.78, 5) is 7.59. The third-order valence-corrected chi connectivity index (χ3v) is 2.58. The smallest absolute Gasteiger partial charge is 0.373 e. The van der Waals surface area contributed by atoms with E-state index in [9.17, 15) is 13.2 Å². The normalized spacial score (nSPS) is 18.0. The highest BCUT2D eigenvalue weighted by atomic mass is 19.4. The number of hydrogen-bond donors (Lipinski definition) is 2. The van der Waals surface area contributed by atoms with E-state index in [0.29, 0.717) is 5.82 Å². The van der Waals surface area contributed by atoms with Crippen molar-refractivity contribution in [3.63, 3.8) is 0 Å². The standard InChI is InChI=1S/C9H11F3N4/c1-13-6-4-7(15-5-14-6)16-8(2-3-8)9(10,11)12/h4-5H,2-3H2,1H3,(H2,13,14,15,16). The van der Waals surface area contributed by atoms with Gasteiger partial charge in [0.25, 0.3) is 0 Å². The summed E-state index contributed by atoms with van der Waals surface area (Å²) in [6.45, 7) is 0. The third kappa shape index (κ3) is 1.89. The molecule has 16 heavy (non-hydrogen) atoms. The van der Waals surface area contributed by atoms with Crippen LogP contribution in [0.3, 0.4) is 0 Å². The molecule has 0 spiro atoms. The molecule has 1 aromatic rings. The minimum absolute atomic E-state index is 0.0926. The molecule has 2 rings (SSSR count).